The summed E-state index contributed by atoms with van der Waals surface area (Å²) in [6, 6.07) is 6.05. The number of aliphatic hydroxyl groups is 2. The Hall–Kier alpha value is -1.43. The van der Waals surface area contributed by atoms with Gasteiger partial charge in [-0.2, -0.15) is 4.31 Å². The fourth-order valence-electron chi connectivity index (χ4n) is 1.66. The van der Waals surface area contributed by atoms with E-state index in [1.807, 2.05) is 0 Å². The van der Waals surface area contributed by atoms with Crippen molar-refractivity contribution in [3.63, 3.8) is 0 Å². The lowest BCUT2D eigenvalue weighted by Gasteiger charge is -2.20. The van der Waals surface area contributed by atoms with Crippen molar-refractivity contribution in [1.29, 1.82) is 0 Å². The third-order valence-electron chi connectivity index (χ3n) is 2.70. The highest BCUT2D eigenvalue weighted by atomic mass is 32.2. The number of hydrogen-bond donors (Lipinski definition) is 2. The Morgan fingerprint density at radius 3 is 2.38 bits per heavy atom. The van der Waals surface area contributed by atoms with Crippen molar-refractivity contribution >= 4 is 10.0 Å². The predicted molar refractivity (Wildman–Crippen MR) is 78.1 cm³/mol. The first kappa shape index (κ1) is 17.6. The molecule has 1 aromatic carbocycles. The average molecular weight is 313 g/mol. The van der Waals surface area contributed by atoms with E-state index >= 15 is 0 Å². The number of ether oxygens (including phenoxy) is 1. The molecule has 1 rings (SSSR count). The first-order valence-electron chi connectivity index (χ1n) is 6.36. The highest BCUT2D eigenvalue weighted by molar-refractivity contribution is 7.89. The molecule has 2 N–H and O–H groups in total. The molecule has 0 spiro atoms. The Balaban J connectivity index is 2.98. The summed E-state index contributed by atoms with van der Waals surface area (Å²) in [5.74, 6) is 5.18. The quantitative estimate of drug-likeness (QED) is 0.673. The van der Waals surface area contributed by atoms with E-state index in [-0.39, 0.29) is 37.8 Å². The van der Waals surface area contributed by atoms with Gasteiger partial charge in [-0.1, -0.05) is 11.8 Å². The van der Waals surface area contributed by atoms with E-state index in [1.54, 1.807) is 12.1 Å². The summed E-state index contributed by atoms with van der Waals surface area (Å²) in [4.78, 5) is 0.126. The van der Waals surface area contributed by atoms with Crippen LogP contribution in [0.15, 0.2) is 29.2 Å². The normalized spacial score (nSPS) is 11.2. The van der Waals surface area contributed by atoms with Crippen LogP contribution in [0.4, 0.5) is 0 Å². The van der Waals surface area contributed by atoms with Gasteiger partial charge in [0.05, 0.1) is 18.1 Å². The van der Waals surface area contributed by atoms with E-state index in [0.717, 1.165) is 0 Å². The molecule has 0 radical (unpaired) electrons. The third kappa shape index (κ3) is 5.12. The van der Waals surface area contributed by atoms with Gasteiger partial charge in [-0.15, -0.1) is 0 Å². The first-order chi connectivity index (χ1) is 10.1. The lowest BCUT2D eigenvalue weighted by atomic mass is 10.2. The lowest BCUT2D eigenvalue weighted by Crippen LogP contribution is -2.36. The SMILES string of the molecule is COCCN(CCO)S(=O)(=O)c1ccc(C#CCO)cc1. The van der Waals surface area contributed by atoms with Crippen molar-refractivity contribution < 1.29 is 23.4 Å². The van der Waals surface area contributed by atoms with Crippen LogP contribution in [0, 0.1) is 11.8 Å². The molecule has 21 heavy (non-hydrogen) atoms. The first-order valence-corrected chi connectivity index (χ1v) is 7.80. The summed E-state index contributed by atoms with van der Waals surface area (Å²) >= 11 is 0. The highest BCUT2D eigenvalue weighted by Gasteiger charge is 2.23. The number of rotatable bonds is 7. The van der Waals surface area contributed by atoms with Crippen LogP contribution in [0.3, 0.4) is 0 Å². The van der Waals surface area contributed by atoms with Crippen LogP contribution < -0.4 is 0 Å². The minimum absolute atomic E-state index is 0.0117. The molecule has 1 aromatic rings. The summed E-state index contributed by atoms with van der Waals surface area (Å²) in [6.07, 6.45) is 0. The van der Waals surface area contributed by atoms with Crippen molar-refractivity contribution in [2.45, 2.75) is 4.90 Å². The Morgan fingerprint density at radius 2 is 1.86 bits per heavy atom. The molecule has 0 aromatic heterocycles. The molecule has 7 heteroatoms. The van der Waals surface area contributed by atoms with Crippen LogP contribution in [0.25, 0.3) is 0 Å². The minimum Gasteiger partial charge on any atom is -0.395 e. The molecule has 0 fully saturated rings. The summed E-state index contributed by atoms with van der Waals surface area (Å²) in [5, 5.41) is 17.6. The van der Waals surface area contributed by atoms with Crippen LogP contribution >= 0.6 is 0 Å². The Morgan fingerprint density at radius 1 is 1.19 bits per heavy atom. The Kier molecular flexibility index (Phi) is 7.36. The Bertz CT molecular complexity index is 586. The minimum atomic E-state index is -3.68. The van der Waals surface area contributed by atoms with E-state index in [0.29, 0.717) is 5.56 Å². The number of aliphatic hydroxyl groups excluding tert-OH is 2. The standard InChI is InChI=1S/C14H19NO5S/c1-20-12-9-15(8-11-17)21(18,19)14-6-4-13(5-7-14)3-2-10-16/h4-7,16-17H,8-12H2,1H3. The van der Waals surface area contributed by atoms with Gasteiger partial charge in [0, 0.05) is 25.8 Å². The van der Waals surface area contributed by atoms with Gasteiger partial charge in [-0.05, 0) is 24.3 Å². The second kappa shape index (κ2) is 8.77. The van der Waals surface area contributed by atoms with Crippen molar-refractivity contribution in [1.82, 2.24) is 4.31 Å². The highest BCUT2D eigenvalue weighted by Crippen LogP contribution is 2.16. The lowest BCUT2D eigenvalue weighted by molar-refractivity contribution is 0.168. The Labute approximate surface area is 125 Å². The fourth-order valence-corrected chi connectivity index (χ4v) is 3.07. The fraction of sp³-hybridized carbons (Fsp3) is 0.429. The molecule has 0 amide bonds. The second-order valence-corrected chi connectivity index (χ2v) is 6.04. The molecule has 0 unspecified atom stereocenters. The number of benzene rings is 1. The van der Waals surface area contributed by atoms with Crippen LogP contribution in [-0.2, 0) is 14.8 Å². The zero-order valence-electron chi connectivity index (χ0n) is 11.8. The summed E-state index contributed by atoms with van der Waals surface area (Å²) < 4.78 is 30.9. The molecule has 0 aliphatic carbocycles. The van der Waals surface area contributed by atoms with Crippen LogP contribution in [-0.4, -0.2) is 63.0 Å². The molecule has 0 saturated carbocycles. The molecule has 6 nitrogen and oxygen atoms in total. The van der Waals surface area contributed by atoms with Crippen LogP contribution in [0.1, 0.15) is 5.56 Å². The van der Waals surface area contributed by atoms with E-state index in [2.05, 4.69) is 11.8 Å². The molecule has 0 aliphatic heterocycles. The molecule has 0 heterocycles. The monoisotopic (exact) mass is 313 g/mol. The van der Waals surface area contributed by atoms with E-state index in [1.165, 1.54) is 23.5 Å². The van der Waals surface area contributed by atoms with E-state index in [4.69, 9.17) is 14.9 Å². The molecule has 0 aliphatic rings. The maximum absolute atomic E-state index is 12.4. The van der Waals surface area contributed by atoms with Gasteiger partial charge in [0.15, 0.2) is 0 Å². The van der Waals surface area contributed by atoms with Gasteiger partial charge in [0.25, 0.3) is 0 Å². The molecule has 0 bridgehead atoms. The van der Waals surface area contributed by atoms with Gasteiger partial charge in [0.2, 0.25) is 10.0 Å². The molecule has 116 valence electrons. The zero-order chi connectivity index (χ0) is 15.7. The summed E-state index contributed by atoms with van der Waals surface area (Å²) in [7, 11) is -2.19. The zero-order valence-corrected chi connectivity index (χ0v) is 12.6. The topological polar surface area (TPSA) is 87.1 Å². The smallest absolute Gasteiger partial charge is 0.243 e. The van der Waals surface area contributed by atoms with Crippen molar-refractivity contribution in [2.75, 3.05) is 40.0 Å². The maximum atomic E-state index is 12.4. The molecular formula is C14H19NO5S. The summed E-state index contributed by atoms with van der Waals surface area (Å²) in [6.45, 7) is -0.0765. The van der Waals surface area contributed by atoms with Gasteiger partial charge >= 0.3 is 0 Å². The van der Waals surface area contributed by atoms with Crippen LogP contribution in [0.2, 0.25) is 0 Å². The molecule has 0 saturated heterocycles. The average Bonchev–Trinajstić information content (AvgIpc) is 2.49. The maximum Gasteiger partial charge on any atom is 0.243 e. The molecule has 0 atom stereocenters. The van der Waals surface area contributed by atoms with Gasteiger partial charge in [0.1, 0.15) is 6.61 Å². The van der Waals surface area contributed by atoms with Crippen molar-refractivity contribution in [3.8, 4) is 11.8 Å². The summed E-state index contributed by atoms with van der Waals surface area (Å²) in [5.41, 5.74) is 0.619. The second-order valence-electron chi connectivity index (χ2n) is 4.10. The number of hydrogen-bond acceptors (Lipinski definition) is 5. The van der Waals surface area contributed by atoms with Gasteiger partial charge in [-0.25, -0.2) is 8.42 Å². The number of nitrogens with zero attached hydrogens (tertiary/aromatic N) is 1. The number of methoxy groups -OCH3 is 1. The third-order valence-corrected chi connectivity index (χ3v) is 4.61. The number of sulfonamides is 1. The van der Waals surface area contributed by atoms with E-state index in [9.17, 15) is 8.42 Å². The van der Waals surface area contributed by atoms with Crippen LogP contribution in [0.5, 0.6) is 0 Å². The van der Waals surface area contributed by atoms with Gasteiger partial charge in [-0.3, -0.25) is 0 Å². The van der Waals surface area contributed by atoms with Crippen molar-refractivity contribution in [2.24, 2.45) is 0 Å². The molecular weight excluding hydrogens is 294 g/mol. The van der Waals surface area contributed by atoms with E-state index < -0.39 is 10.0 Å². The largest absolute Gasteiger partial charge is 0.395 e. The van der Waals surface area contributed by atoms with Crippen molar-refractivity contribution in [3.05, 3.63) is 29.8 Å². The predicted octanol–water partition coefficient (Wildman–Crippen LogP) is -0.340. The van der Waals surface area contributed by atoms with Gasteiger partial charge < -0.3 is 14.9 Å².